The molecule has 1 aliphatic rings. The summed E-state index contributed by atoms with van der Waals surface area (Å²) in [6, 6.07) is 37.2. The summed E-state index contributed by atoms with van der Waals surface area (Å²) in [5.74, 6) is -1.54. The minimum atomic E-state index is -0.906. The van der Waals surface area contributed by atoms with Gasteiger partial charge in [0.2, 0.25) is 0 Å². The average molecular weight is 617 g/mol. The van der Waals surface area contributed by atoms with Crippen LogP contribution < -0.4 is 5.32 Å². The molecule has 8 heteroatoms. The number of nitrogens with zero attached hydrogens (tertiary/aromatic N) is 3. The standard InChI is InChI=1S/C39H28N4O4/c1-23-35(38(44)41-31-18-7-3-14-27(31)28-15-4-8-19-32(28)41)37(25-12-11-13-26(22-25)43(46)47)36(24(2)40-23)39(45)42-33-20-9-5-16-29(33)30-17-6-10-21-34(30)42/h3-22,37,40H,1-2H3. The quantitative estimate of drug-likeness (QED) is 0.158. The number of non-ortho nitro benzene ring substituents is 1. The van der Waals surface area contributed by atoms with Gasteiger partial charge in [0.1, 0.15) is 0 Å². The number of hydrogen-bond acceptors (Lipinski definition) is 5. The molecule has 47 heavy (non-hydrogen) atoms. The average Bonchev–Trinajstić information content (AvgIpc) is 3.61. The highest BCUT2D eigenvalue weighted by Crippen LogP contribution is 2.43. The third-order valence-electron chi connectivity index (χ3n) is 9.20. The summed E-state index contributed by atoms with van der Waals surface area (Å²) in [6.07, 6.45) is 0. The maximum Gasteiger partial charge on any atom is 0.269 e. The van der Waals surface area contributed by atoms with Gasteiger partial charge in [-0.3, -0.25) is 28.8 Å². The van der Waals surface area contributed by atoms with Gasteiger partial charge in [0.05, 0.1) is 27.0 Å². The molecule has 1 N–H and O–H groups in total. The van der Waals surface area contributed by atoms with E-state index in [0.29, 0.717) is 28.1 Å². The first-order valence-corrected chi connectivity index (χ1v) is 15.3. The van der Waals surface area contributed by atoms with Crippen molar-refractivity contribution in [2.24, 2.45) is 0 Å². The van der Waals surface area contributed by atoms with Crippen LogP contribution >= 0.6 is 0 Å². The molecule has 0 saturated carbocycles. The van der Waals surface area contributed by atoms with Crippen LogP contribution in [-0.2, 0) is 0 Å². The lowest BCUT2D eigenvalue weighted by Gasteiger charge is -2.32. The van der Waals surface area contributed by atoms with Gasteiger partial charge in [-0.25, -0.2) is 0 Å². The zero-order valence-corrected chi connectivity index (χ0v) is 25.6. The van der Waals surface area contributed by atoms with E-state index in [1.165, 1.54) is 12.1 Å². The van der Waals surface area contributed by atoms with Crippen molar-refractivity contribution in [1.82, 2.24) is 14.5 Å². The normalized spacial score (nSPS) is 14.0. The van der Waals surface area contributed by atoms with E-state index in [1.54, 1.807) is 21.3 Å². The highest BCUT2D eigenvalue weighted by molar-refractivity contribution is 6.19. The fourth-order valence-corrected chi connectivity index (χ4v) is 7.24. The number of para-hydroxylation sites is 4. The molecule has 0 saturated heterocycles. The van der Waals surface area contributed by atoms with Crippen LogP contribution in [0.15, 0.2) is 144 Å². The predicted molar refractivity (Wildman–Crippen MR) is 185 cm³/mol. The van der Waals surface area contributed by atoms with Gasteiger partial charge in [-0.05, 0) is 43.7 Å². The second-order valence-corrected chi connectivity index (χ2v) is 11.8. The molecule has 228 valence electrons. The second-order valence-electron chi connectivity index (χ2n) is 11.8. The van der Waals surface area contributed by atoms with Crippen molar-refractivity contribution in [3.63, 3.8) is 0 Å². The van der Waals surface area contributed by atoms with Gasteiger partial charge in [-0.15, -0.1) is 0 Å². The topological polar surface area (TPSA) is 99.2 Å². The molecule has 5 aromatic carbocycles. The van der Waals surface area contributed by atoms with Crippen LogP contribution in [0, 0.1) is 10.1 Å². The highest BCUT2D eigenvalue weighted by Gasteiger charge is 2.39. The lowest BCUT2D eigenvalue weighted by Crippen LogP contribution is -2.34. The van der Waals surface area contributed by atoms with Crippen LogP contribution in [0.2, 0.25) is 0 Å². The summed E-state index contributed by atoms with van der Waals surface area (Å²) in [7, 11) is 0. The monoisotopic (exact) mass is 616 g/mol. The van der Waals surface area contributed by atoms with Crippen LogP contribution in [0.1, 0.15) is 34.9 Å². The fourth-order valence-electron chi connectivity index (χ4n) is 7.24. The summed E-state index contributed by atoms with van der Waals surface area (Å²) in [4.78, 5) is 41.7. The molecule has 0 bridgehead atoms. The summed E-state index contributed by atoms with van der Waals surface area (Å²) < 4.78 is 3.39. The van der Waals surface area contributed by atoms with E-state index in [-0.39, 0.29) is 17.5 Å². The number of allylic oxidation sites excluding steroid dienone is 4. The molecule has 7 aromatic rings. The molecule has 0 amide bonds. The van der Waals surface area contributed by atoms with Crippen LogP contribution in [0.25, 0.3) is 43.6 Å². The SMILES string of the molecule is CC1=C(C(=O)n2c3ccccc3c3ccccc32)C(c2cccc([N+](=O)[O-])c2)C(C(=O)n2c3ccccc3c3ccccc32)=C(C)N1. The van der Waals surface area contributed by atoms with Gasteiger partial charge in [-0.2, -0.15) is 0 Å². The molecule has 1 aliphatic heterocycles. The van der Waals surface area contributed by atoms with Crippen molar-refractivity contribution in [2.45, 2.75) is 19.8 Å². The third kappa shape index (κ3) is 4.22. The van der Waals surface area contributed by atoms with Crippen molar-refractivity contribution in [3.8, 4) is 0 Å². The molecule has 0 fully saturated rings. The number of benzene rings is 5. The van der Waals surface area contributed by atoms with Gasteiger partial charge >= 0.3 is 0 Å². The molecular weight excluding hydrogens is 588 g/mol. The number of carbonyl (C=O) groups excluding carboxylic acids is 2. The molecule has 2 aromatic heterocycles. The predicted octanol–water partition coefficient (Wildman–Crippen LogP) is 8.73. The van der Waals surface area contributed by atoms with Gasteiger partial charge in [0, 0.05) is 62.1 Å². The Balaban J connectivity index is 1.39. The van der Waals surface area contributed by atoms with Crippen molar-refractivity contribution in [3.05, 3.63) is 160 Å². The van der Waals surface area contributed by atoms with Crippen LogP contribution in [0.5, 0.6) is 0 Å². The second kappa shape index (κ2) is 10.7. The van der Waals surface area contributed by atoms with E-state index in [9.17, 15) is 10.1 Å². The summed E-state index contributed by atoms with van der Waals surface area (Å²) in [5.41, 5.74) is 5.12. The number of dihydropyridines is 1. The van der Waals surface area contributed by atoms with Crippen molar-refractivity contribution >= 4 is 61.1 Å². The molecule has 3 heterocycles. The summed E-state index contributed by atoms with van der Waals surface area (Å²) >= 11 is 0. The molecule has 0 radical (unpaired) electrons. The molecular formula is C39H28N4O4. The molecule has 0 atom stereocenters. The molecule has 0 unspecified atom stereocenters. The Morgan fingerprint density at radius 1 is 0.596 bits per heavy atom. The van der Waals surface area contributed by atoms with E-state index < -0.39 is 10.8 Å². The van der Waals surface area contributed by atoms with E-state index in [2.05, 4.69) is 5.32 Å². The zero-order valence-electron chi connectivity index (χ0n) is 25.6. The Kier molecular flexibility index (Phi) is 6.40. The Morgan fingerprint density at radius 3 is 1.36 bits per heavy atom. The van der Waals surface area contributed by atoms with Crippen molar-refractivity contribution < 1.29 is 14.5 Å². The number of nitro benzene ring substituents is 1. The Hall–Kier alpha value is -6.28. The van der Waals surface area contributed by atoms with Gasteiger partial charge in [-0.1, -0.05) is 84.9 Å². The number of rotatable bonds is 4. The Labute approximate surface area is 269 Å². The first kappa shape index (κ1) is 28.2. The lowest BCUT2D eigenvalue weighted by molar-refractivity contribution is -0.384. The van der Waals surface area contributed by atoms with E-state index >= 15 is 9.59 Å². The van der Waals surface area contributed by atoms with E-state index in [0.717, 1.165) is 43.6 Å². The van der Waals surface area contributed by atoms with Gasteiger partial charge in [0.25, 0.3) is 17.5 Å². The minimum Gasteiger partial charge on any atom is -0.362 e. The largest absolute Gasteiger partial charge is 0.362 e. The lowest BCUT2D eigenvalue weighted by atomic mass is 9.79. The Bertz CT molecular complexity index is 2290. The smallest absolute Gasteiger partial charge is 0.269 e. The highest BCUT2D eigenvalue weighted by atomic mass is 16.6. The number of carbonyl (C=O) groups is 2. The third-order valence-corrected chi connectivity index (χ3v) is 9.20. The van der Waals surface area contributed by atoms with Gasteiger partial charge in [0.15, 0.2) is 0 Å². The number of hydrogen-bond donors (Lipinski definition) is 1. The first-order valence-electron chi connectivity index (χ1n) is 15.3. The molecule has 0 aliphatic carbocycles. The van der Waals surface area contributed by atoms with Crippen LogP contribution in [0.3, 0.4) is 0 Å². The molecule has 8 rings (SSSR count). The van der Waals surface area contributed by atoms with Crippen LogP contribution in [-0.4, -0.2) is 25.9 Å². The number of aromatic nitrogens is 2. The van der Waals surface area contributed by atoms with Crippen molar-refractivity contribution in [1.29, 1.82) is 0 Å². The maximum atomic E-state index is 15.1. The number of nitrogens with one attached hydrogen (secondary N) is 1. The van der Waals surface area contributed by atoms with E-state index in [4.69, 9.17) is 0 Å². The number of fused-ring (bicyclic) bond motifs is 6. The Morgan fingerprint density at radius 2 is 0.979 bits per heavy atom. The first-order chi connectivity index (χ1) is 22.8. The van der Waals surface area contributed by atoms with Gasteiger partial charge < -0.3 is 5.32 Å². The fraction of sp³-hybridized carbons (Fsp3) is 0.0769. The maximum absolute atomic E-state index is 15.1. The number of nitro groups is 1. The van der Waals surface area contributed by atoms with E-state index in [1.807, 2.05) is 111 Å². The zero-order chi connectivity index (χ0) is 32.4. The van der Waals surface area contributed by atoms with Crippen molar-refractivity contribution in [2.75, 3.05) is 0 Å². The molecule has 8 nitrogen and oxygen atoms in total. The van der Waals surface area contributed by atoms with Crippen LogP contribution in [0.4, 0.5) is 5.69 Å². The summed E-state index contributed by atoms with van der Waals surface area (Å²) in [5, 5.41) is 19.1. The summed E-state index contributed by atoms with van der Waals surface area (Å²) in [6.45, 7) is 3.63. The minimum absolute atomic E-state index is 0.122. The molecule has 0 spiro atoms.